The summed E-state index contributed by atoms with van der Waals surface area (Å²) in [5.74, 6) is -1.20. The van der Waals surface area contributed by atoms with Crippen LogP contribution in [0.3, 0.4) is 0 Å². The molecule has 1 aliphatic rings. The molecule has 1 aliphatic heterocycles. The highest BCUT2D eigenvalue weighted by Gasteiger charge is 2.34. The third kappa shape index (κ3) is 5.29. The van der Waals surface area contributed by atoms with E-state index in [2.05, 4.69) is 0 Å². The molecule has 150 valence electrons. The Balaban J connectivity index is 1.72. The van der Waals surface area contributed by atoms with Crippen LogP contribution in [-0.2, 0) is 16.1 Å². The first-order valence-corrected chi connectivity index (χ1v) is 10.1. The highest BCUT2D eigenvalue weighted by Crippen LogP contribution is 2.32. The first kappa shape index (κ1) is 21.2. The van der Waals surface area contributed by atoms with Crippen LogP contribution in [0.1, 0.15) is 11.1 Å². The molecule has 2 aromatic rings. The van der Waals surface area contributed by atoms with Crippen molar-refractivity contribution in [1.29, 1.82) is 0 Å². The monoisotopic (exact) mass is 430 g/mol. The Kier molecular flexibility index (Phi) is 7.13. The van der Waals surface area contributed by atoms with Crippen LogP contribution < -0.4 is 0 Å². The second kappa shape index (κ2) is 9.78. The molecule has 0 saturated carbocycles. The molecule has 8 heteroatoms. The van der Waals surface area contributed by atoms with E-state index in [9.17, 15) is 19.1 Å². The molecule has 0 aliphatic carbocycles. The van der Waals surface area contributed by atoms with Crippen LogP contribution in [0.4, 0.5) is 4.39 Å². The van der Waals surface area contributed by atoms with Crippen LogP contribution in [-0.4, -0.2) is 50.7 Å². The molecular formula is C21H19FN2O3S2. The van der Waals surface area contributed by atoms with Crippen molar-refractivity contribution in [2.45, 2.75) is 6.54 Å². The third-order valence-electron chi connectivity index (χ3n) is 4.30. The number of nitrogens with zero attached hydrogens (tertiary/aromatic N) is 2. The van der Waals surface area contributed by atoms with Gasteiger partial charge >= 0.3 is 0 Å². The fourth-order valence-corrected chi connectivity index (χ4v) is 4.07. The summed E-state index contributed by atoms with van der Waals surface area (Å²) in [5.41, 5.74) is 1.20. The van der Waals surface area contributed by atoms with Gasteiger partial charge in [0.05, 0.1) is 11.5 Å². The molecule has 0 radical (unpaired) electrons. The number of carbonyl (C=O) groups excluding carboxylic acids is 2. The Morgan fingerprint density at radius 3 is 2.55 bits per heavy atom. The second-order valence-electron chi connectivity index (χ2n) is 6.31. The minimum atomic E-state index is -0.439. The summed E-state index contributed by atoms with van der Waals surface area (Å²) in [6.45, 7) is 0.0456. The Morgan fingerprint density at radius 2 is 1.86 bits per heavy atom. The van der Waals surface area contributed by atoms with Crippen LogP contribution in [0.15, 0.2) is 59.5 Å². The van der Waals surface area contributed by atoms with Crippen LogP contribution in [0.25, 0.3) is 6.08 Å². The van der Waals surface area contributed by atoms with E-state index in [-0.39, 0.29) is 40.4 Å². The van der Waals surface area contributed by atoms with Gasteiger partial charge in [0.1, 0.15) is 16.7 Å². The Morgan fingerprint density at radius 1 is 1.17 bits per heavy atom. The maximum Gasteiger partial charge on any atom is 0.266 e. The maximum atomic E-state index is 13.9. The number of aliphatic hydroxyl groups is 1. The number of thioether (sulfide) groups is 1. The summed E-state index contributed by atoms with van der Waals surface area (Å²) >= 11 is 6.29. The number of thiocarbonyl (C=S) groups is 1. The molecule has 1 N–H and O–H groups in total. The normalized spacial score (nSPS) is 15.2. The molecular weight excluding hydrogens is 411 g/mol. The van der Waals surface area contributed by atoms with E-state index in [1.54, 1.807) is 18.2 Å². The Bertz CT molecular complexity index is 950. The van der Waals surface area contributed by atoms with Crippen molar-refractivity contribution in [3.63, 3.8) is 0 Å². The number of hydrogen-bond donors (Lipinski definition) is 1. The van der Waals surface area contributed by atoms with Gasteiger partial charge in [-0.3, -0.25) is 14.5 Å². The molecule has 2 aromatic carbocycles. The van der Waals surface area contributed by atoms with Gasteiger partial charge in [0.15, 0.2) is 0 Å². The summed E-state index contributed by atoms with van der Waals surface area (Å²) in [6.07, 6.45) is 1.44. The van der Waals surface area contributed by atoms with Gasteiger partial charge < -0.3 is 10.0 Å². The van der Waals surface area contributed by atoms with Gasteiger partial charge in [-0.05, 0) is 17.7 Å². The summed E-state index contributed by atoms with van der Waals surface area (Å²) < 4.78 is 14.1. The molecule has 5 nitrogen and oxygen atoms in total. The number of amides is 2. The van der Waals surface area contributed by atoms with Crippen LogP contribution >= 0.6 is 24.0 Å². The lowest BCUT2D eigenvalue weighted by Crippen LogP contribution is -2.42. The number of aliphatic hydroxyl groups excluding tert-OH is 1. The second-order valence-corrected chi connectivity index (χ2v) is 7.99. The highest BCUT2D eigenvalue weighted by atomic mass is 32.2. The Labute approximate surface area is 177 Å². The summed E-state index contributed by atoms with van der Waals surface area (Å²) in [5, 5.41) is 9.31. The average molecular weight is 431 g/mol. The number of rotatable bonds is 7. The number of carbonyl (C=O) groups is 2. The lowest BCUT2D eigenvalue weighted by molar-refractivity contribution is -0.136. The van der Waals surface area contributed by atoms with Gasteiger partial charge in [-0.15, -0.1) is 0 Å². The summed E-state index contributed by atoms with van der Waals surface area (Å²) in [6, 6.07) is 15.5. The fourth-order valence-electron chi connectivity index (χ4n) is 2.82. The van der Waals surface area contributed by atoms with Crippen molar-refractivity contribution in [3.8, 4) is 0 Å². The lowest BCUT2D eigenvalue weighted by Gasteiger charge is -2.24. The van der Waals surface area contributed by atoms with Gasteiger partial charge in [0.2, 0.25) is 5.91 Å². The molecule has 0 aromatic heterocycles. The van der Waals surface area contributed by atoms with Crippen LogP contribution in [0, 0.1) is 5.82 Å². The van der Waals surface area contributed by atoms with Gasteiger partial charge in [0.25, 0.3) is 5.91 Å². The molecule has 1 saturated heterocycles. The molecule has 0 spiro atoms. The zero-order valence-corrected chi connectivity index (χ0v) is 17.1. The first-order chi connectivity index (χ1) is 14.0. The molecule has 2 amide bonds. The number of halogens is 1. The van der Waals surface area contributed by atoms with E-state index in [1.807, 2.05) is 30.3 Å². The van der Waals surface area contributed by atoms with Crippen molar-refractivity contribution in [2.24, 2.45) is 0 Å². The quantitative estimate of drug-likeness (QED) is 0.541. The SMILES string of the molecule is O=C(CN1C(=O)/C(=C/c2ccccc2F)SC1=S)N(CCO)Cc1ccccc1. The molecule has 0 atom stereocenters. The number of hydrogen-bond acceptors (Lipinski definition) is 5. The summed E-state index contributed by atoms with van der Waals surface area (Å²) in [4.78, 5) is 28.5. The molecule has 1 heterocycles. The van der Waals surface area contributed by atoms with E-state index < -0.39 is 11.7 Å². The zero-order chi connectivity index (χ0) is 20.8. The van der Waals surface area contributed by atoms with Gasteiger partial charge in [-0.1, -0.05) is 72.5 Å². The van der Waals surface area contributed by atoms with Crippen LogP contribution in [0.2, 0.25) is 0 Å². The van der Waals surface area contributed by atoms with Crippen molar-refractivity contribution in [2.75, 3.05) is 19.7 Å². The maximum absolute atomic E-state index is 13.9. The fraction of sp³-hybridized carbons (Fsp3) is 0.190. The third-order valence-corrected chi connectivity index (χ3v) is 5.68. The topological polar surface area (TPSA) is 60.9 Å². The Hall–Kier alpha value is -2.55. The van der Waals surface area contributed by atoms with E-state index in [1.165, 1.54) is 21.9 Å². The standard InChI is InChI=1S/C21H19FN2O3S2/c22-17-9-5-4-8-16(17)12-18-20(27)24(21(28)29-18)14-19(26)23(10-11-25)13-15-6-2-1-3-7-15/h1-9,12,25H,10-11,13-14H2/b18-12-. The lowest BCUT2D eigenvalue weighted by atomic mass is 10.2. The van der Waals surface area contributed by atoms with Gasteiger partial charge in [-0.2, -0.15) is 0 Å². The molecule has 1 fully saturated rings. The molecule has 0 unspecified atom stereocenters. The van der Waals surface area contributed by atoms with E-state index in [0.717, 1.165) is 17.3 Å². The average Bonchev–Trinajstić information content (AvgIpc) is 2.97. The van der Waals surface area contributed by atoms with Gasteiger partial charge in [0, 0.05) is 18.7 Å². The first-order valence-electron chi connectivity index (χ1n) is 8.92. The molecule has 3 rings (SSSR count). The van der Waals surface area contributed by atoms with Crippen LogP contribution in [0.5, 0.6) is 0 Å². The summed E-state index contributed by atoms with van der Waals surface area (Å²) in [7, 11) is 0. The van der Waals surface area contributed by atoms with E-state index >= 15 is 0 Å². The van der Waals surface area contributed by atoms with Gasteiger partial charge in [-0.25, -0.2) is 4.39 Å². The minimum absolute atomic E-state index is 0.146. The van der Waals surface area contributed by atoms with Crippen molar-refractivity contribution in [1.82, 2.24) is 9.80 Å². The predicted octanol–water partition coefficient (Wildman–Crippen LogP) is 3.05. The van der Waals surface area contributed by atoms with Crippen molar-refractivity contribution < 1.29 is 19.1 Å². The van der Waals surface area contributed by atoms with E-state index in [0.29, 0.717) is 6.54 Å². The molecule has 0 bridgehead atoms. The minimum Gasteiger partial charge on any atom is -0.395 e. The predicted molar refractivity (Wildman–Crippen MR) is 115 cm³/mol. The zero-order valence-electron chi connectivity index (χ0n) is 15.5. The van der Waals surface area contributed by atoms with Crippen molar-refractivity contribution >= 4 is 46.2 Å². The number of benzene rings is 2. The largest absolute Gasteiger partial charge is 0.395 e. The molecule has 29 heavy (non-hydrogen) atoms. The highest BCUT2D eigenvalue weighted by molar-refractivity contribution is 8.26. The smallest absolute Gasteiger partial charge is 0.266 e. The van der Waals surface area contributed by atoms with E-state index in [4.69, 9.17) is 12.2 Å². The van der Waals surface area contributed by atoms with Crippen molar-refractivity contribution in [3.05, 3.63) is 76.4 Å².